The van der Waals surface area contributed by atoms with Crippen molar-refractivity contribution in [1.29, 1.82) is 0 Å². The van der Waals surface area contributed by atoms with Crippen LogP contribution in [-0.4, -0.2) is 39.5 Å². The van der Waals surface area contributed by atoms with Crippen molar-refractivity contribution in [2.45, 2.75) is 43.5 Å². The minimum absolute atomic E-state index is 0.0630. The maximum absolute atomic E-state index is 12.4. The average molecular weight is 419 g/mol. The van der Waals surface area contributed by atoms with E-state index in [9.17, 15) is 18.0 Å². The maximum Gasteiger partial charge on any atom is 0.321 e. The quantitative estimate of drug-likeness (QED) is 0.672. The minimum atomic E-state index is -3.87. The van der Waals surface area contributed by atoms with E-state index in [1.165, 1.54) is 12.5 Å². The van der Waals surface area contributed by atoms with Crippen LogP contribution in [0.5, 0.6) is 0 Å². The van der Waals surface area contributed by atoms with Crippen molar-refractivity contribution >= 4 is 32.7 Å². The van der Waals surface area contributed by atoms with Gasteiger partial charge in [-0.25, -0.2) is 8.42 Å². The van der Waals surface area contributed by atoms with E-state index >= 15 is 0 Å². The van der Waals surface area contributed by atoms with E-state index in [0.717, 1.165) is 30.0 Å². The second-order valence-electron chi connectivity index (χ2n) is 7.43. The zero-order valence-electron chi connectivity index (χ0n) is 16.4. The van der Waals surface area contributed by atoms with E-state index in [4.69, 9.17) is 4.74 Å². The van der Waals surface area contributed by atoms with Gasteiger partial charge in [0, 0.05) is 6.04 Å². The highest BCUT2D eigenvalue weighted by atomic mass is 32.2. The first-order valence-corrected chi connectivity index (χ1v) is 11.3. The molecule has 2 N–H and O–H groups in total. The van der Waals surface area contributed by atoms with Crippen LogP contribution in [0.2, 0.25) is 0 Å². The van der Waals surface area contributed by atoms with Gasteiger partial charge in [0.15, 0.2) is 6.61 Å². The third kappa shape index (κ3) is 5.77. The van der Waals surface area contributed by atoms with Crippen LogP contribution in [0.1, 0.15) is 32.6 Å². The van der Waals surface area contributed by atoms with Crippen LogP contribution < -0.4 is 10.0 Å². The molecule has 3 rings (SSSR count). The Morgan fingerprint density at radius 1 is 1.07 bits per heavy atom. The highest BCUT2D eigenvalue weighted by Crippen LogP contribution is 2.23. The lowest BCUT2D eigenvalue weighted by Crippen LogP contribution is -2.43. The predicted octanol–water partition coefficient (Wildman–Crippen LogP) is 2.36. The van der Waals surface area contributed by atoms with Gasteiger partial charge in [0.2, 0.25) is 10.0 Å². The topological polar surface area (TPSA) is 102 Å². The van der Waals surface area contributed by atoms with Crippen molar-refractivity contribution in [3.8, 4) is 0 Å². The van der Waals surface area contributed by atoms with Gasteiger partial charge in [-0.15, -0.1) is 0 Å². The summed E-state index contributed by atoms with van der Waals surface area (Å²) in [6.45, 7) is 1.14. The number of hydrogen-bond donors (Lipinski definition) is 2. The van der Waals surface area contributed by atoms with Gasteiger partial charge in [0.25, 0.3) is 5.91 Å². The van der Waals surface area contributed by atoms with E-state index in [1.54, 1.807) is 12.1 Å². The lowest BCUT2D eigenvalue weighted by atomic mass is 9.86. The highest BCUT2D eigenvalue weighted by Gasteiger charge is 2.23. The smallest absolute Gasteiger partial charge is 0.321 e. The van der Waals surface area contributed by atoms with Gasteiger partial charge in [0.05, 0.1) is 4.90 Å². The second-order valence-corrected chi connectivity index (χ2v) is 9.20. The zero-order chi connectivity index (χ0) is 20.9. The zero-order valence-corrected chi connectivity index (χ0v) is 17.2. The summed E-state index contributed by atoms with van der Waals surface area (Å²) >= 11 is 0. The first-order chi connectivity index (χ1) is 13.8. The predicted molar refractivity (Wildman–Crippen MR) is 110 cm³/mol. The highest BCUT2D eigenvalue weighted by molar-refractivity contribution is 7.89. The van der Waals surface area contributed by atoms with Gasteiger partial charge >= 0.3 is 5.97 Å². The van der Waals surface area contributed by atoms with Crippen LogP contribution in [0.15, 0.2) is 47.4 Å². The van der Waals surface area contributed by atoms with E-state index < -0.39 is 29.1 Å². The fraction of sp³-hybridized carbons (Fsp3) is 0.429. The first-order valence-electron chi connectivity index (χ1n) is 9.78. The number of sulfonamides is 1. The molecule has 1 fully saturated rings. The van der Waals surface area contributed by atoms with Crippen molar-refractivity contribution in [3.05, 3.63) is 42.5 Å². The Hall–Kier alpha value is -2.45. The molecule has 1 amide bonds. The monoisotopic (exact) mass is 418 g/mol. The molecule has 0 saturated heterocycles. The molecule has 0 radical (unpaired) electrons. The molecule has 0 aromatic heterocycles. The number of fused-ring (bicyclic) bond motifs is 1. The van der Waals surface area contributed by atoms with Crippen molar-refractivity contribution < 1.29 is 22.7 Å². The van der Waals surface area contributed by atoms with E-state index in [-0.39, 0.29) is 16.8 Å². The number of nitrogens with one attached hydrogen (secondary N) is 2. The molecule has 0 aliphatic heterocycles. The van der Waals surface area contributed by atoms with E-state index in [0.29, 0.717) is 5.92 Å². The number of esters is 1. The van der Waals surface area contributed by atoms with Crippen LogP contribution in [0, 0.1) is 5.92 Å². The summed E-state index contributed by atoms with van der Waals surface area (Å²) in [5, 5.41) is 4.59. The molecule has 1 aliphatic carbocycles. The molecule has 0 heterocycles. The van der Waals surface area contributed by atoms with Gasteiger partial charge in [-0.3, -0.25) is 9.59 Å². The molecule has 7 nitrogen and oxygen atoms in total. The van der Waals surface area contributed by atoms with E-state index in [2.05, 4.69) is 17.0 Å². The van der Waals surface area contributed by atoms with Crippen LogP contribution in [-0.2, 0) is 24.3 Å². The standard InChI is InChI=1S/C21H26N2O5S/c1-15-6-2-5-9-19(15)23-20(24)14-28-21(25)13-22-29(26,27)18-11-10-16-7-3-4-8-17(16)12-18/h3-4,7-8,10-12,15,19,22H,2,5-6,9,13-14H2,1H3,(H,23,24)/t15-,19+/m1/s1. The lowest BCUT2D eigenvalue weighted by molar-refractivity contribution is -0.147. The Morgan fingerprint density at radius 2 is 1.79 bits per heavy atom. The molecular weight excluding hydrogens is 392 g/mol. The third-order valence-corrected chi connectivity index (χ3v) is 6.66. The van der Waals surface area contributed by atoms with Gasteiger partial charge in [0.1, 0.15) is 6.54 Å². The Balaban J connectivity index is 1.48. The summed E-state index contributed by atoms with van der Waals surface area (Å²) in [6.07, 6.45) is 4.24. The van der Waals surface area contributed by atoms with Crippen LogP contribution >= 0.6 is 0 Å². The molecule has 29 heavy (non-hydrogen) atoms. The fourth-order valence-electron chi connectivity index (χ4n) is 3.55. The molecule has 156 valence electrons. The van der Waals surface area contributed by atoms with Gasteiger partial charge in [-0.2, -0.15) is 4.72 Å². The maximum atomic E-state index is 12.4. The molecule has 0 spiro atoms. The number of hydrogen-bond acceptors (Lipinski definition) is 5. The van der Waals surface area contributed by atoms with Crippen molar-refractivity contribution in [3.63, 3.8) is 0 Å². The summed E-state index contributed by atoms with van der Waals surface area (Å²) < 4.78 is 32.0. The van der Waals surface area contributed by atoms with Crippen LogP contribution in [0.4, 0.5) is 0 Å². The Bertz CT molecular complexity index is 989. The van der Waals surface area contributed by atoms with Crippen molar-refractivity contribution in [2.24, 2.45) is 5.92 Å². The van der Waals surface area contributed by atoms with Crippen LogP contribution in [0.25, 0.3) is 10.8 Å². The Morgan fingerprint density at radius 3 is 2.55 bits per heavy atom. The number of rotatable bonds is 7. The van der Waals surface area contributed by atoms with Crippen molar-refractivity contribution in [1.82, 2.24) is 10.0 Å². The average Bonchev–Trinajstić information content (AvgIpc) is 2.72. The number of benzene rings is 2. The summed E-state index contributed by atoms with van der Waals surface area (Å²) in [7, 11) is -3.87. The first kappa shape index (κ1) is 21.3. The molecule has 2 atom stereocenters. The summed E-state index contributed by atoms with van der Waals surface area (Å²) in [6, 6.07) is 12.2. The Kier molecular flexibility index (Phi) is 6.87. The van der Waals surface area contributed by atoms with Gasteiger partial charge in [-0.1, -0.05) is 50.1 Å². The number of carbonyl (C=O) groups is 2. The van der Waals surface area contributed by atoms with Gasteiger partial charge in [-0.05, 0) is 41.7 Å². The normalized spacial score (nSPS) is 19.6. The van der Waals surface area contributed by atoms with E-state index in [1.807, 2.05) is 24.3 Å². The largest absolute Gasteiger partial charge is 0.455 e. The molecule has 2 aromatic carbocycles. The molecular formula is C21H26N2O5S. The van der Waals surface area contributed by atoms with Gasteiger partial charge < -0.3 is 10.1 Å². The number of carbonyl (C=O) groups excluding carboxylic acids is 2. The molecule has 1 saturated carbocycles. The molecule has 1 aliphatic rings. The minimum Gasteiger partial charge on any atom is -0.455 e. The molecule has 8 heteroatoms. The summed E-state index contributed by atoms with van der Waals surface area (Å²) in [5.41, 5.74) is 0. The molecule has 0 bridgehead atoms. The van der Waals surface area contributed by atoms with Crippen LogP contribution in [0.3, 0.4) is 0 Å². The molecule has 0 unspecified atom stereocenters. The van der Waals surface area contributed by atoms with Crippen molar-refractivity contribution in [2.75, 3.05) is 13.2 Å². The fourth-order valence-corrected chi connectivity index (χ4v) is 4.55. The second kappa shape index (κ2) is 9.37. The lowest BCUT2D eigenvalue weighted by Gasteiger charge is -2.29. The number of ether oxygens (including phenoxy) is 1. The Labute approximate surface area is 170 Å². The summed E-state index contributed by atoms with van der Waals surface area (Å²) in [4.78, 5) is 23.9. The molecule has 2 aromatic rings. The number of amides is 1. The SMILES string of the molecule is C[C@@H]1CCCC[C@@H]1NC(=O)COC(=O)CNS(=O)(=O)c1ccc2ccccc2c1. The summed E-state index contributed by atoms with van der Waals surface area (Å²) in [5.74, 6) is -0.771. The third-order valence-electron chi connectivity index (χ3n) is 5.26.